The molecule has 0 heterocycles. The van der Waals surface area contributed by atoms with Crippen molar-refractivity contribution < 1.29 is 0 Å². The number of nitrogens with zero attached hydrogens (tertiary/aromatic N) is 1. The van der Waals surface area contributed by atoms with Crippen molar-refractivity contribution in [2.45, 2.75) is 0 Å². The minimum absolute atomic E-state index is 1.10. The van der Waals surface area contributed by atoms with Crippen LogP contribution in [0.15, 0.2) is 224 Å². The van der Waals surface area contributed by atoms with Crippen molar-refractivity contribution in [3.8, 4) is 44.5 Å². The van der Waals surface area contributed by atoms with Crippen LogP contribution in [-0.2, 0) is 0 Å². The first-order chi connectivity index (χ1) is 27.2. The van der Waals surface area contributed by atoms with E-state index in [0.29, 0.717) is 0 Å². The van der Waals surface area contributed by atoms with Crippen LogP contribution in [0.2, 0.25) is 0 Å². The Labute approximate surface area is 322 Å². The zero-order valence-corrected chi connectivity index (χ0v) is 30.3. The predicted molar refractivity (Wildman–Crippen MR) is 235 cm³/mol. The van der Waals surface area contributed by atoms with Crippen molar-refractivity contribution in [1.82, 2.24) is 0 Å². The summed E-state index contributed by atoms with van der Waals surface area (Å²) in [5.41, 5.74) is 13.0. The summed E-state index contributed by atoms with van der Waals surface area (Å²) in [4.78, 5) is 2.38. The maximum atomic E-state index is 2.38. The molecule has 1 nitrogen and oxygen atoms in total. The highest BCUT2D eigenvalue weighted by Gasteiger charge is 2.16. The third kappa shape index (κ3) is 6.22. The van der Waals surface area contributed by atoms with Crippen LogP contribution in [0.25, 0.3) is 76.8 Å². The van der Waals surface area contributed by atoms with E-state index in [4.69, 9.17) is 0 Å². The van der Waals surface area contributed by atoms with Crippen LogP contribution in [-0.4, -0.2) is 0 Å². The first-order valence-electron chi connectivity index (χ1n) is 18.9. The quantitative estimate of drug-likeness (QED) is 0.150. The number of hydrogen-bond acceptors (Lipinski definition) is 1. The fourth-order valence-corrected chi connectivity index (χ4v) is 8.02. The van der Waals surface area contributed by atoms with E-state index < -0.39 is 0 Å². The molecule has 0 aromatic heterocycles. The summed E-state index contributed by atoms with van der Waals surface area (Å²) in [6, 6.07) is 81.4. The molecule has 0 aliphatic rings. The maximum absolute atomic E-state index is 2.38. The SMILES string of the molecule is c1ccc(-c2ccc(N(c3cccc(-c4ccc(-c5cc6ccccc6c6ccccc56)cc4)c3)c3ccc4ccc(-c5ccccc5)cc4c3)cc2)cc1. The van der Waals surface area contributed by atoms with Gasteiger partial charge in [-0.15, -0.1) is 0 Å². The van der Waals surface area contributed by atoms with Gasteiger partial charge in [0.2, 0.25) is 0 Å². The third-order valence-corrected chi connectivity index (χ3v) is 10.8. The van der Waals surface area contributed by atoms with Crippen LogP contribution in [0.1, 0.15) is 0 Å². The van der Waals surface area contributed by atoms with Gasteiger partial charge in [0.15, 0.2) is 0 Å². The van der Waals surface area contributed by atoms with Crippen molar-refractivity contribution in [1.29, 1.82) is 0 Å². The molecule has 0 bridgehead atoms. The standard InChI is InChI=1S/C54H37N/c1-3-12-38(13-4-1)40-28-31-48(32-29-40)55(50-33-30-42-24-27-45(34-47(42)36-50)39-14-5-2-6-15-39)49-18-11-17-44(35-49)41-22-25-43(26-23-41)54-37-46-16-7-8-19-51(46)52-20-9-10-21-53(52)54/h1-37H. The van der Waals surface area contributed by atoms with Gasteiger partial charge in [-0.3, -0.25) is 0 Å². The van der Waals surface area contributed by atoms with E-state index >= 15 is 0 Å². The topological polar surface area (TPSA) is 3.24 Å². The Bertz CT molecular complexity index is 2950. The largest absolute Gasteiger partial charge is 0.310 e. The zero-order valence-electron chi connectivity index (χ0n) is 30.3. The molecular weight excluding hydrogens is 663 g/mol. The van der Waals surface area contributed by atoms with Gasteiger partial charge in [0.1, 0.15) is 0 Å². The molecule has 1 heteroatoms. The highest BCUT2D eigenvalue weighted by molar-refractivity contribution is 6.13. The molecule has 0 fully saturated rings. The number of benzene rings is 10. The lowest BCUT2D eigenvalue weighted by molar-refractivity contribution is 1.29. The van der Waals surface area contributed by atoms with Gasteiger partial charge in [-0.05, 0) is 125 Å². The Hall–Kier alpha value is -7.22. The normalized spacial score (nSPS) is 11.3. The molecule has 10 aromatic rings. The fraction of sp³-hybridized carbons (Fsp3) is 0. The Kier molecular flexibility index (Phi) is 8.24. The van der Waals surface area contributed by atoms with Crippen molar-refractivity contribution in [2.75, 3.05) is 4.90 Å². The molecule has 0 saturated heterocycles. The van der Waals surface area contributed by atoms with Gasteiger partial charge in [0.05, 0.1) is 0 Å². The number of hydrogen-bond donors (Lipinski definition) is 0. The minimum atomic E-state index is 1.10. The van der Waals surface area contributed by atoms with Crippen LogP contribution in [0, 0.1) is 0 Å². The van der Waals surface area contributed by atoms with Crippen LogP contribution >= 0.6 is 0 Å². The van der Waals surface area contributed by atoms with Gasteiger partial charge in [0.25, 0.3) is 0 Å². The summed E-state index contributed by atoms with van der Waals surface area (Å²) < 4.78 is 0. The van der Waals surface area contributed by atoms with Crippen LogP contribution in [0.3, 0.4) is 0 Å². The van der Waals surface area contributed by atoms with Gasteiger partial charge < -0.3 is 4.90 Å². The Morgan fingerprint density at radius 3 is 1.47 bits per heavy atom. The van der Waals surface area contributed by atoms with E-state index in [9.17, 15) is 0 Å². The molecule has 0 aliphatic carbocycles. The maximum Gasteiger partial charge on any atom is 0.0468 e. The average molecular weight is 700 g/mol. The second kappa shape index (κ2) is 14.0. The lowest BCUT2D eigenvalue weighted by Gasteiger charge is -2.26. The van der Waals surface area contributed by atoms with E-state index in [0.717, 1.165) is 17.1 Å². The van der Waals surface area contributed by atoms with Crippen molar-refractivity contribution in [3.63, 3.8) is 0 Å². The predicted octanol–water partition coefficient (Wildman–Crippen LogP) is 15.3. The molecule has 0 radical (unpaired) electrons. The molecule has 258 valence electrons. The second-order valence-corrected chi connectivity index (χ2v) is 14.2. The van der Waals surface area contributed by atoms with Crippen LogP contribution < -0.4 is 4.90 Å². The molecule has 0 unspecified atom stereocenters. The highest BCUT2D eigenvalue weighted by atomic mass is 15.1. The molecule has 0 spiro atoms. The van der Waals surface area contributed by atoms with Crippen molar-refractivity contribution >= 4 is 49.4 Å². The van der Waals surface area contributed by atoms with Gasteiger partial charge in [-0.1, -0.05) is 176 Å². The van der Waals surface area contributed by atoms with Crippen molar-refractivity contribution in [3.05, 3.63) is 224 Å². The molecule has 10 rings (SSSR count). The first kappa shape index (κ1) is 32.4. The van der Waals surface area contributed by atoms with E-state index in [1.54, 1.807) is 0 Å². The summed E-state index contributed by atoms with van der Waals surface area (Å²) >= 11 is 0. The summed E-state index contributed by atoms with van der Waals surface area (Å²) in [5, 5.41) is 7.53. The first-order valence-corrected chi connectivity index (χ1v) is 18.9. The number of rotatable bonds is 7. The zero-order chi connectivity index (χ0) is 36.6. The third-order valence-electron chi connectivity index (χ3n) is 10.8. The van der Waals surface area contributed by atoms with Gasteiger partial charge in [0, 0.05) is 17.1 Å². The van der Waals surface area contributed by atoms with Crippen molar-refractivity contribution in [2.24, 2.45) is 0 Å². The molecular formula is C54H37N. The molecule has 10 aromatic carbocycles. The minimum Gasteiger partial charge on any atom is -0.310 e. The van der Waals surface area contributed by atoms with E-state index in [1.165, 1.54) is 76.8 Å². The summed E-state index contributed by atoms with van der Waals surface area (Å²) in [6.07, 6.45) is 0. The van der Waals surface area contributed by atoms with E-state index in [-0.39, 0.29) is 0 Å². The molecule has 0 amide bonds. The number of fused-ring (bicyclic) bond motifs is 4. The smallest absolute Gasteiger partial charge is 0.0468 e. The molecule has 0 atom stereocenters. The van der Waals surface area contributed by atoms with Crippen LogP contribution in [0.4, 0.5) is 17.1 Å². The van der Waals surface area contributed by atoms with Gasteiger partial charge in [-0.2, -0.15) is 0 Å². The fourth-order valence-electron chi connectivity index (χ4n) is 8.02. The van der Waals surface area contributed by atoms with Gasteiger partial charge in [-0.25, -0.2) is 0 Å². The Morgan fingerprint density at radius 1 is 0.218 bits per heavy atom. The summed E-state index contributed by atoms with van der Waals surface area (Å²) in [7, 11) is 0. The van der Waals surface area contributed by atoms with Gasteiger partial charge >= 0.3 is 0 Å². The summed E-state index contributed by atoms with van der Waals surface area (Å²) in [5.74, 6) is 0. The van der Waals surface area contributed by atoms with E-state index in [1.807, 2.05) is 0 Å². The average Bonchev–Trinajstić information content (AvgIpc) is 3.27. The van der Waals surface area contributed by atoms with E-state index in [2.05, 4.69) is 229 Å². The molecule has 0 aliphatic heterocycles. The molecule has 0 saturated carbocycles. The Morgan fingerprint density at radius 2 is 0.709 bits per heavy atom. The Balaban J connectivity index is 1.05. The monoisotopic (exact) mass is 699 g/mol. The van der Waals surface area contributed by atoms with Crippen LogP contribution in [0.5, 0.6) is 0 Å². The lowest BCUT2D eigenvalue weighted by atomic mass is 9.92. The second-order valence-electron chi connectivity index (χ2n) is 14.2. The molecule has 0 N–H and O–H groups in total. The number of anilines is 3. The summed E-state index contributed by atoms with van der Waals surface area (Å²) in [6.45, 7) is 0. The highest BCUT2D eigenvalue weighted by Crippen LogP contribution is 2.40. The lowest BCUT2D eigenvalue weighted by Crippen LogP contribution is -2.10. The molecule has 55 heavy (non-hydrogen) atoms.